The van der Waals surface area contributed by atoms with Crippen LogP contribution in [0.2, 0.25) is 0 Å². The summed E-state index contributed by atoms with van der Waals surface area (Å²) in [6.45, 7) is 1.86. The van der Waals surface area contributed by atoms with Crippen molar-refractivity contribution in [3.05, 3.63) is 54.4 Å². The number of piperidine rings is 1. The smallest absolute Gasteiger partial charge is 0.277 e. The maximum Gasteiger partial charge on any atom is 0.277 e. The van der Waals surface area contributed by atoms with Gasteiger partial charge < -0.3 is 10.6 Å². The monoisotopic (exact) mass is 355 g/mol. The fourth-order valence-electron chi connectivity index (χ4n) is 2.98. The molecule has 26 heavy (non-hydrogen) atoms. The molecule has 1 saturated heterocycles. The minimum Gasteiger partial charge on any atom is -0.318 e. The van der Waals surface area contributed by atoms with Crippen LogP contribution < -0.4 is 10.6 Å². The number of nitrogens with zero attached hydrogens (tertiary/aromatic N) is 5. The van der Waals surface area contributed by atoms with Gasteiger partial charge in [0.2, 0.25) is 0 Å². The third-order valence-electron chi connectivity index (χ3n) is 4.37. The summed E-state index contributed by atoms with van der Waals surface area (Å²) in [4.78, 5) is 12.4. The zero-order valence-corrected chi connectivity index (χ0v) is 14.0. The van der Waals surface area contributed by atoms with Crippen LogP contribution in [0.4, 0.5) is 10.1 Å². The lowest BCUT2D eigenvalue weighted by Crippen LogP contribution is -2.29. The Morgan fingerprint density at radius 2 is 2.04 bits per heavy atom. The Morgan fingerprint density at radius 3 is 2.85 bits per heavy atom. The molecule has 4 rings (SSSR count). The number of rotatable bonds is 4. The molecule has 1 aromatic carbocycles. The van der Waals surface area contributed by atoms with E-state index in [-0.39, 0.29) is 17.6 Å². The average molecular weight is 355 g/mol. The highest BCUT2D eigenvalue weighted by atomic mass is 19.1. The summed E-state index contributed by atoms with van der Waals surface area (Å²) in [5, 5.41) is 18.1. The highest BCUT2D eigenvalue weighted by Gasteiger charge is 2.19. The molecule has 0 radical (unpaired) electrons. The van der Waals surface area contributed by atoms with Gasteiger partial charge in [0.1, 0.15) is 11.5 Å². The molecule has 0 spiro atoms. The lowest BCUT2D eigenvalue weighted by atomic mass is 10.1. The molecule has 9 heteroatoms. The molecule has 1 amide bonds. The maximum atomic E-state index is 13.8. The molecule has 134 valence electrons. The standard InChI is InChI=1S/C17H18FN7O/c18-14-3-1-2-4-16(14)25-10-12(9-20-25)21-17(26)15-11-24(23-22-15)13-5-7-19-8-6-13/h1-4,9-11,13,19H,5-8H2,(H,21,26). The van der Waals surface area contributed by atoms with Crippen molar-refractivity contribution in [2.45, 2.75) is 18.9 Å². The highest BCUT2D eigenvalue weighted by Crippen LogP contribution is 2.18. The molecule has 8 nitrogen and oxygen atoms in total. The van der Waals surface area contributed by atoms with Crippen molar-refractivity contribution in [2.24, 2.45) is 0 Å². The van der Waals surface area contributed by atoms with Crippen LogP contribution in [-0.2, 0) is 0 Å². The van der Waals surface area contributed by atoms with Gasteiger partial charge in [-0.1, -0.05) is 17.3 Å². The van der Waals surface area contributed by atoms with E-state index in [0.29, 0.717) is 11.4 Å². The van der Waals surface area contributed by atoms with E-state index in [0.717, 1.165) is 25.9 Å². The van der Waals surface area contributed by atoms with E-state index in [4.69, 9.17) is 0 Å². The van der Waals surface area contributed by atoms with E-state index in [2.05, 4.69) is 26.0 Å². The third kappa shape index (κ3) is 3.33. The molecule has 3 heterocycles. The van der Waals surface area contributed by atoms with Gasteiger partial charge in [-0.2, -0.15) is 5.10 Å². The van der Waals surface area contributed by atoms with Gasteiger partial charge in [0.15, 0.2) is 5.69 Å². The van der Waals surface area contributed by atoms with Gasteiger partial charge in [0, 0.05) is 0 Å². The van der Waals surface area contributed by atoms with Crippen LogP contribution >= 0.6 is 0 Å². The van der Waals surface area contributed by atoms with E-state index >= 15 is 0 Å². The van der Waals surface area contributed by atoms with Crippen LogP contribution in [0.1, 0.15) is 29.4 Å². The van der Waals surface area contributed by atoms with E-state index in [1.807, 2.05) is 0 Å². The first-order valence-electron chi connectivity index (χ1n) is 8.44. The Balaban J connectivity index is 1.45. The lowest BCUT2D eigenvalue weighted by Gasteiger charge is -2.22. The van der Waals surface area contributed by atoms with Crippen molar-refractivity contribution < 1.29 is 9.18 Å². The number of benzene rings is 1. The molecule has 2 aromatic heterocycles. The summed E-state index contributed by atoms with van der Waals surface area (Å²) in [6.07, 6.45) is 6.58. The maximum absolute atomic E-state index is 13.8. The molecule has 1 aliphatic heterocycles. The number of nitrogens with one attached hydrogen (secondary N) is 2. The van der Waals surface area contributed by atoms with Gasteiger partial charge >= 0.3 is 0 Å². The molecule has 0 bridgehead atoms. The first-order valence-corrected chi connectivity index (χ1v) is 8.44. The molecule has 0 unspecified atom stereocenters. The number of anilines is 1. The zero-order chi connectivity index (χ0) is 17.9. The molecule has 1 fully saturated rings. The van der Waals surface area contributed by atoms with Crippen LogP contribution in [0, 0.1) is 5.82 Å². The predicted octanol–water partition coefficient (Wildman–Crippen LogP) is 1.78. The van der Waals surface area contributed by atoms with Crippen molar-refractivity contribution >= 4 is 11.6 Å². The van der Waals surface area contributed by atoms with Crippen molar-refractivity contribution in [3.63, 3.8) is 0 Å². The van der Waals surface area contributed by atoms with E-state index in [1.165, 1.54) is 16.9 Å². The quantitative estimate of drug-likeness (QED) is 0.745. The number of para-hydroxylation sites is 1. The number of hydrogen-bond donors (Lipinski definition) is 2. The van der Waals surface area contributed by atoms with Crippen LogP contribution in [-0.4, -0.2) is 43.8 Å². The number of amides is 1. The second-order valence-corrected chi connectivity index (χ2v) is 6.14. The summed E-state index contributed by atoms with van der Waals surface area (Å²) >= 11 is 0. The molecule has 0 aliphatic carbocycles. The second kappa shape index (κ2) is 7.04. The third-order valence-corrected chi connectivity index (χ3v) is 4.37. The summed E-state index contributed by atoms with van der Waals surface area (Å²) in [5.74, 6) is -0.767. The molecular weight excluding hydrogens is 337 g/mol. The Bertz CT molecular complexity index is 913. The number of carbonyl (C=O) groups is 1. The minimum absolute atomic E-state index is 0.238. The second-order valence-electron chi connectivity index (χ2n) is 6.14. The predicted molar refractivity (Wildman–Crippen MR) is 92.6 cm³/mol. The molecule has 2 N–H and O–H groups in total. The summed E-state index contributed by atoms with van der Waals surface area (Å²) in [5.41, 5.74) is 1.00. The Morgan fingerprint density at radius 1 is 1.23 bits per heavy atom. The first kappa shape index (κ1) is 16.4. The van der Waals surface area contributed by atoms with E-state index < -0.39 is 5.82 Å². The minimum atomic E-state index is -0.390. The zero-order valence-electron chi connectivity index (χ0n) is 14.0. The van der Waals surface area contributed by atoms with Gasteiger partial charge in [0.25, 0.3) is 5.91 Å². The van der Waals surface area contributed by atoms with Gasteiger partial charge in [-0.25, -0.2) is 13.8 Å². The number of carbonyl (C=O) groups excluding carboxylic acids is 1. The Kier molecular flexibility index (Phi) is 4.44. The number of halogens is 1. The highest BCUT2D eigenvalue weighted by molar-refractivity contribution is 6.02. The van der Waals surface area contributed by atoms with Crippen molar-refractivity contribution in [1.29, 1.82) is 0 Å². The largest absolute Gasteiger partial charge is 0.318 e. The van der Waals surface area contributed by atoms with Crippen LogP contribution in [0.3, 0.4) is 0 Å². The molecule has 0 atom stereocenters. The van der Waals surface area contributed by atoms with Gasteiger partial charge in [0.05, 0.1) is 30.3 Å². The van der Waals surface area contributed by atoms with Crippen molar-refractivity contribution in [3.8, 4) is 5.69 Å². The van der Waals surface area contributed by atoms with Crippen molar-refractivity contribution in [1.82, 2.24) is 30.1 Å². The van der Waals surface area contributed by atoms with Gasteiger partial charge in [-0.3, -0.25) is 4.79 Å². The Hall–Kier alpha value is -3.07. The van der Waals surface area contributed by atoms with E-state index in [9.17, 15) is 9.18 Å². The SMILES string of the molecule is O=C(Nc1cnn(-c2ccccc2F)c1)c1cn(C2CCNCC2)nn1. The molecule has 0 saturated carbocycles. The fraction of sp³-hybridized carbons (Fsp3) is 0.294. The topological polar surface area (TPSA) is 89.7 Å². The van der Waals surface area contributed by atoms with Crippen LogP contribution in [0.25, 0.3) is 5.69 Å². The first-order chi connectivity index (χ1) is 12.7. The molecule has 3 aromatic rings. The molecular formula is C17H18FN7O. The number of aromatic nitrogens is 5. The number of hydrogen-bond acceptors (Lipinski definition) is 5. The van der Waals surface area contributed by atoms with Crippen LogP contribution in [0.5, 0.6) is 0 Å². The molecule has 1 aliphatic rings. The summed E-state index contributed by atoms with van der Waals surface area (Å²) in [6, 6.07) is 6.55. The van der Waals surface area contributed by atoms with E-state index in [1.54, 1.807) is 35.3 Å². The average Bonchev–Trinajstić information content (AvgIpc) is 3.33. The van der Waals surface area contributed by atoms with Crippen molar-refractivity contribution in [2.75, 3.05) is 18.4 Å². The normalized spacial score (nSPS) is 15.1. The van der Waals surface area contributed by atoms with Gasteiger partial charge in [-0.05, 0) is 38.1 Å². The summed E-state index contributed by atoms with van der Waals surface area (Å²) < 4.78 is 16.9. The Labute approximate surface area is 149 Å². The summed E-state index contributed by atoms with van der Waals surface area (Å²) in [7, 11) is 0. The fourth-order valence-corrected chi connectivity index (χ4v) is 2.98. The van der Waals surface area contributed by atoms with Crippen LogP contribution in [0.15, 0.2) is 42.9 Å². The lowest BCUT2D eigenvalue weighted by molar-refractivity contribution is 0.102. The van der Waals surface area contributed by atoms with Gasteiger partial charge in [-0.15, -0.1) is 5.10 Å².